The molecule has 1 amide bonds. The van der Waals surface area contributed by atoms with Crippen LogP contribution in [0.5, 0.6) is 11.5 Å². The van der Waals surface area contributed by atoms with Crippen LogP contribution < -0.4 is 14.2 Å². The highest BCUT2D eigenvalue weighted by atomic mass is 32.2. The first kappa shape index (κ1) is 24.9. The molecule has 0 aliphatic rings. The van der Waals surface area contributed by atoms with Gasteiger partial charge in [0, 0.05) is 24.8 Å². The molecule has 0 heterocycles. The van der Waals surface area contributed by atoms with Crippen molar-refractivity contribution in [2.24, 2.45) is 0 Å². The molecule has 0 atom stereocenters. The summed E-state index contributed by atoms with van der Waals surface area (Å²) in [4.78, 5) is 14.5. The molecule has 3 rings (SSSR count). The number of hydrogen-bond donors (Lipinski definition) is 1. The van der Waals surface area contributed by atoms with Gasteiger partial charge in [-0.1, -0.05) is 42.5 Å². The van der Waals surface area contributed by atoms with Gasteiger partial charge in [0.1, 0.15) is 23.0 Å². The number of anilines is 1. The smallest absolute Gasteiger partial charge is 0.265 e. The summed E-state index contributed by atoms with van der Waals surface area (Å²) in [5.41, 5.74) is 2.57. The van der Waals surface area contributed by atoms with Crippen LogP contribution in [-0.2, 0) is 16.6 Å². The fourth-order valence-corrected chi connectivity index (χ4v) is 4.52. The Labute approximate surface area is 200 Å². The molecule has 3 aromatic carbocycles. The summed E-state index contributed by atoms with van der Waals surface area (Å²) in [6.45, 7) is 6.29. The fraction of sp³-hybridized carbons (Fsp3) is 0.192. The highest BCUT2D eigenvalue weighted by Gasteiger charge is 2.23. The van der Waals surface area contributed by atoms with Crippen LogP contribution in [0.3, 0.4) is 0 Å². The minimum atomic E-state index is -3.99. The second kappa shape index (κ2) is 10.9. The molecule has 3 aromatic rings. The van der Waals surface area contributed by atoms with E-state index in [2.05, 4.69) is 11.3 Å². The minimum Gasteiger partial charge on any atom is -0.495 e. The number of aryl methyl sites for hydroxylation is 1. The zero-order valence-corrected chi connectivity index (χ0v) is 20.3. The first-order chi connectivity index (χ1) is 16.2. The van der Waals surface area contributed by atoms with Gasteiger partial charge in [0.25, 0.3) is 15.9 Å². The lowest BCUT2D eigenvalue weighted by molar-refractivity contribution is 0.0785. The van der Waals surface area contributed by atoms with Gasteiger partial charge in [-0.25, -0.2) is 8.42 Å². The average Bonchev–Trinajstić information content (AvgIpc) is 2.84. The Morgan fingerprint density at radius 3 is 2.35 bits per heavy atom. The predicted octanol–water partition coefficient (Wildman–Crippen LogP) is 4.64. The van der Waals surface area contributed by atoms with Gasteiger partial charge in [-0.3, -0.25) is 9.52 Å². The molecular weight excluding hydrogens is 452 g/mol. The first-order valence-corrected chi connectivity index (χ1v) is 12.1. The molecule has 0 saturated carbocycles. The number of rotatable bonds is 10. The molecule has 7 nitrogen and oxygen atoms in total. The molecule has 8 heteroatoms. The number of carbonyl (C=O) groups excluding carboxylic acids is 1. The van der Waals surface area contributed by atoms with E-state index in [-0.39, 0.29) is 22.1 Å². The molecule has 1 N–H and O–H groups in total. The summed E-state index contributed by atoms with van der Waals surface area (Å²) in [7, 11) is -0.943. The van der Waals surface area contributed by atoms with Crippen molar-refractivity contribution in [2.45, 2.75) is 18.4 Å². The van der Waals surface area contributed by atoms with E-state index in [0.29, 0.717) is 24.6 Å². The lowest BCUT2D eigenvalue weighted by Crippen LogP contribution is -2.26. The summed E-state index contributed by atoms with van der Waals surface area (Å²) < 4.78 is 39.4. The van der Waals surface area contributed by atoms with Crippen LogP contribution >= 0.6 is 0 Å². The van der Waals surface area contributed by atoms with E-state index in [1.165, 1.54) is 24.1 Å². The Kier molecular flexibility index (Phi) is 7.96. The van der Waals surface area contributed by atoms with Gasteiger partial charge in [-0.05, 0) is 55.0 Å². The Bertz CT molecular complexity index is 1250. The van der Waals surface area contributed by atoms with Gasteiger partial charge in [0.05, 0.1) is 7.11 Å². The number of benzene rings is 3. The van der Waals surface area contributed by atoms with Gasteiger partial charge < -0.3 is 14.4 Å². The van der Waals surface area contributed by atoms with Gasteiger partial charge in [-0.2, -0.15) is 0 Å². The molecular formula is C26H28N2O5S. The highest BCUT2D eigenvalue weighted by Crippen LogP contribution is 2.28. The molecule has 0 unspecified atom stereocenters. The van der Waals surface area contributed by atoms with E-state index in [4.69, 9.17) is 9.47 Å². The van der Waals surface area contributed by atoms with E-state index in [1.807, 2.05) is 43.3 Å². The van der Waals surface area contributed by atoms with E-state index in [0.717, 1.165) is 11.1 Å². The van der Waals surface area contributed by atoms with Crippen molar-refractivity contribution in [3.05, 3.63) is 96.1 Å². The standard InChI is InChI=1S/C26H28N2O5S/c1-5-16-33-23-13-8-20(9-14-23)18-28(3)26(29)21-10-15-24(32-4)25(17-21)34(30,31)27-22-11-6-19(2)7-12-22/h5-15,17,27H,1,16,18H2,2-4H3. The molecule has 0 saturated heterocycles. The third kappa shape index (κ3) is 6.17. The monoisotopic (exact) mass is 480 g/mol. The Morgan fingerprint density at radius 1 is 1.06 bits per heavy atom. The average molecular weight is 481 g/mol. The third-order valence-electron chi connectivity index (χ3n) is 5.06. The van der Waals surface area contributed by atoms with Gasteiger partial charge in [0.2, 0.25) is 0 Å². The number of amides is 1. The fourth-order valence-electron chi connectivity index (χ4n) is 3.26. The van der Waals surface area contributed by atoms with Crippen LogP contribution in [-0.4, -0.2) is 40.0 Å². The Balaban J connectivity index is 1.80. The maximum Gasteiger partial charge on any atom is 0.265 e. The summed E-state index contributed by atoms with van der Waals surface area (Å²) in [6, 6.07) is 18.7. The number of sulfonamides is 1. The van der Waals surface area contributed by atoms with Gasteiger partial charge in [0.15, 0.2) is 0 Å². The van der Waals surface area contributed by atoms with E-state index in [1.54, 1.807) is 31.3 Å². The summed E-state index contributed by atoms with van der Waals surface area (Å²) in [6.07, 6.45) is 1.67. The third-order valence-corrected chi connectivity index (χ3v) is 6.46. The maximum atomic E-state index is 13.1. The van der Waals surface area contributed by atoms with Crippen molar-refractivity contribution in [1.29, 1.82) is 0 Å². The van der Waals surface area contributed by atoms with Crippen LogP contribution in [0.2, 0.25) is 0 Å². The second-order valence-electron chi connectivity index (χ2n) is 7.74. The number of methoxy groups -OCH3 is 1. The van der Waals surface area contributed by atoms with E-state index < -0.39 is 10.0 Å². The predicted molar refractivity (Wildman–Crippen MR) is 133 cm³/mol. The lowest BCUT2D eigenvalue weighted by Gasteiger charge is -2.19. The van der Waals surface area contributed by atoms with Crippen molar-refractivity contribution in [3.63, 3.8) is 0 Å². The SMILES string of the molecule is C=CCOc1ccc(CN(C)C(=O)c2ccc(OC)c(S(=O)(=O)Nc3ccc(C)cc3)c2)cc1. The van der Waals surface area contributed by atoms with E-state index in [9.17, 15) is 13.2 Å². The van der Waals surface area contributed by atoms with Crippen LogP contribution in [0.4, 0.5) is 5.69 Å². The number of hydrogen-bond acceptors (Lipinski definition) is 5. The lowest BCUT2D eigenvalue weighted by atomic mass is 10.1. The molecule has 0 aliphatic carbocycles. The Hall–Kier alpha value is -3.78. The topological polar surface area (TPSA) is 84.9 Å². The number of nitrogens with zero attached hydrogens (tertiary/aromatic N) is 1. The summed E-state index contributed by atoms with van der Waals surface area (Å²) >= 11 is 0. The van der Waals surface area contributed by atoms with Crippen LogP contribution in [0.1, 0.15) is 21.5 Å². The quantitative estimate of drug-likeness (QED) is 0.427. The zero-order chi connectivity index (χ0) is 24.7. The van der Waals surface area contributed by atoms with E-state index >= 15 is 0 Å². The summed E-state index contributed by atoms with van der Waals surface area (Å²) in [5, 5.41) is 0. The largest absolute Gasteiger partial charge is 0.495 e. The summed E-state index contributed by atoms with van der Waals surface area (Å²) in [5.74, 6) is 0.541. The number of ether oxygens (including phenoxy) is 2. The second-order valence-corrected chi connectivity index (χ2v) is 9.39. The number of carbonyl (C=O) groups is 1. The normalized spacial score (nSPS) is 10.9. The zero-order valence-electron chi connectivity index (χ0n) is 19.4. The highest BCUT2D eigenvalue weighted by molar-refractivity contribution is 7.92. The van der Waals surface area contributed by atoms with Crippen molar-refractivity contribution < 1.29 is 22.7 Å². The Morgan fingerprint density at radius 2 is 1.74 bits per heavy atom. The molecule has 34 heavy (non-hydrogen) atoms. The van der Waals surface area contributed by atoms with Crippen molar-refractivity contribution in [2.75, 3.05) is 25.5 Å². The molecule has 0 aromatic heterocycles. The minimum absolute atomic E-state index is 0.112. The van der Waals surface area contributed by atoms with Crippen LogP contribution in [0.15, 0.2) is 84.3 Å². The van der Waals surface area contributed by atoms with Gasteiger partial charge in [-0.15, -0.1) is 0 Å². The molecule has 178 valence electrons. The van der Waals surface area contributed by atoms with Crippen molar-refractivity contribution >= 4 is 21.6 Å². The maximum absolute atomic E-state index is 13.1. The number of nitrogens with one attached hydrogen (secondary N) is 1. The van der Waals surface area contributed by atoms with Crippen LogP contribution in [0.25, 0.3) is 0 Å². The van der Waals surface area contributed by atoms with Crippen LogP contribution in [0, 0.1) is 6.92 Å². The molecule has 0 bridgehead atoms. The molecule has 0 fully saturated rings. The molecule has 0 aliphatic heterocycles. The molecule has 0 radical (unpaired) electrons. The van der Waals surface area contributed by atoms with Crippen molar-refractivity contribution in [3.8, 4) is 11.5 Å². The van der Waals surface area contributed by atoms with Gasteiger partial charge >= 0.3 is 0 Å². The molecule has 0 spiro atoms. The first-order valence-electron chi connectivity index (χ1n) is 10.6. The van der Waals surface area contributed by atoms with Crippen molar-refractivity contribution in [1.82, 2.24) is 4.90 Å².